The van der Waals surface area contributed by atoms with Crippen molar-refractivity contribution in [1.29, 1.82) is 0 Å². The van der Waals surface area contributed by atoms with Crippen molar-refractivity contribution >= 4 is 21.8 Å². The minimum absolute atomic E-state index is 0.0264. The molecule has 1 unspecified atom stereocenters. The summed E-state index contributed by atoms with van der Waals surface area (Å²) in [4.78, 5) is 12.3. The predicted octanol–water partition coefficient (Wildman–Crippen LogP) is 4.22. The number of nitrogens with zero attached hydrogens (tertiary/aromatic N) is 1. The molecule has 1 aromatic rings. The molecular weight excluding hydrogens is 304 g/mol. The van der Waals surface area contributed by atoms with Crippen molar-refractivity contribution in [1.82, 2.24) is 9.88 Å². The van der Waals surface area contributed by atoms with E-state index in [0.29, 0.717) is 5.92 Å². The number of hydrogen-bond donors (Lipinski definition) is 1. The SMILES string of the molecule is CCCn1cc(Br)cc1C(=O)NC(C)C(CC)CC. The summed E-state index contributed by atoms with van der Waals surface area (Å²) in [6.07, 6.45) is 5.18. The Morgan fingerprint density at radius 3 is 2.53 bits per heavy atom. The normalized spacial score (nSPS) is 12.7. The van der Waals surface area contributed by atoms with Gasteiger partial charge in [0.05, 0.1) is 0 Å². The second-order valence-electron chi connectivity index (χ2n) is 5.08. The zero-order valence-corrected chi connectivity index (χ0v) is 14.0. The number of aryl methyl sites for hydroxylation is 1. The van der Waals surface area contributed by atoms with E-state index < -0.39 is 0 Å². The number of carbonyl (C=O) groups excluding carboxylic acids is 1. The molecule has 4 heteroatoms. The summed E-state index contributed by atoms with van der Waals surface area (Å²) >= 11 is 3.44. The summed E-state index contributed by atoms with van der Waals surface area (Å²) in [5.41, 5.74) is 0.742. The molecule has 0 aromatic carbocycles. The maximum Gasteiger partial charge on any atom is 0.268 e. The molecule has 1 rings (SSSR count). The summed E-state index contributed by atoms with van der Waals surface area (Å²) in [6.45, 7) is 9.42. The van der Waals surface area contributed by atoms with Crippen LogP contribution in [0.15, 0.2) is 16.7 Å². The molecule has 108 valence electrons. The number of halogens is 1. The van der Waals surface area contributed by atoms with Crippen LogP contribution in [0.25, 0.3) is 0 Å². The van der Waals surface area contributed by atoms with Crippen LogP contribution in [-0.4, -0.2) is 16.5 Å². The third kappa shape index (κ3) is 4.37. The first-order valence-corrected chi connectivity index (χ1v) is 7.99. The number of rotatable bonds is 7. The van der Waals surface area contributed by atoms with Gasteiger partial charge in [-0.05, 0) is 41.3 Å². The summed E-state index contributed by atoms with van der Waals surface area (Å²) in [5, 5.41) is 3.13. The van der Waals surface area contributed by atoms with E-state index in [4.69, 9.17) is 0 Å². The van der Waals surface area contributed by atoms with Gasteiger partial charge in [0.15, 0.2) is 0 Å². The van der Waals surface area contributed by atoms with Gasteiger partial charge in [-0.25, -0.2) is 0 Å². The fourth-order valence-electron chi connectivity index (χ4n) is 2.49. The Morgan fingerprint density at radius 1 is 1.37 bits per heavy atom. The monoisotopic (exact) mass is 328 g/mol. The highest BCUT2D eigenvalue weighted by atomic mass is 79.9. The predicted molar refractivity (Wildman–Crippen MR) is 83.4 cm³/mol. The minimum Gasteiger partial charge on any atom is -0.348 e. The van der Waals surface area contributed by atoms with Gasteiger partial charge >= 0.3 is 0 Å². The third-order valence-electron chi connectivity index (χ3n) is 3.67. The molecule has 0 radical (unpaired) electrons. The molecule has 19 heavy (non-hydrogen) atoms. The Hall–Kier alpha value is -0.770. The van der Waals surface area contributed by atoms with E-state index in [1.165, 1.54) is 0 Å². The summed E-state index contributed by atoms with van der Waals surface area (Å²) < 4.78 is 2.97. The average Bonchev–Trinajstić information content (AvgIpc) is 2.72. The van der Waals surface area contributed by atoms with Crippen molar-refractivity contribution in [2.24, 2.45) is 5.92 Å². The molecule has 0 spiro atoms. The fraction of sp³-hybridized carbons (Fsp3) is 0.667. The molecular formula is C15H25BrN2O. The number of hydrogen-bond acceptors (Lipinski definition) is 1. The molecule has 1 atom stereocenters. The summed E-state index contributed by atoms with van der Waals surface area (Å²) in [5.74, 6) is 0.570. The molecule has 0 aliphatic rings. The largest absolute Gasteiger partial charge is 0.348 e. The van der Waals surface area contributed by atoms with Crippen LogP contribution in [0.5, 0.6) is 0 Å². The van der Waals surface area contributed by atoms with Crippen molar-refractivity contribution in [2.75, 3.05) is 0 Å². The molecule has 0 bridgehead atoms. The molecule has 3 nitrogen and oxygen atoms in total. The maximum absolute atomic E-state index is 12.3. The van der Waals surface area contributed by atoms with Gasteiger partial charge < -0.3 is 9.88 Å². The van der Waals surface area contributed by atoms with Crippen LogP contribution < -0.4 is 5.32 Å². The van der Waals surface area contributed by atoms with E-state index in [1.807, 2.05) is 16.8 Å². The Kier molecular flexibility index (Phi) is 6.63. The quantitative estimate of drug-likeness (QED) is 0.799. The van der Waals surface area contributed by atoms with Crippen LogP contribution in [0.1, 0.15) is 57.4 Å². The highest BCUT2D eigenvalue weighted by Gasteiger charge is 2.19. The summed E-state index contributed by atoms with van der Waals surface area (Å²) in [6, 6.07) is 2.11. The van der Waals surface area contributed by atoms with Gasteiger partial charge in [-0.1, -0.05) is 33.6 Å². The van der Waals surface area contributed by atoms with Gasteiger partial charge in [-0.3, -0.25) is 4.79 Å². The van der Waals surface area contributed by atoms with Gasteiger partial charge in [0.25, 0.3) is 5.91 Å². The lowest BCUT2D eigenvalue weighted by molar-refractivity contribution is 0.0915. The number of nitrogens with one attached hydrogen (secondary N) is 1. The zero-order valence-electron chi connectivity index (χ0n) is 12.4. The lowest BCUT2D eigenvalue weighted by Gasteiger charge is -2.22. The lowest BCUT2D eigenvalue weighted by Crippen LogP contribution is -2.38. The van der Waals surface area contributed by atoms with E-state index >= 15 is 0 Å². The molecule has 1 aromatic heterocycles. The van der Waals surface area contributed by atoms with Gasteiger partial charge in [-0.2, -0.15) is 0 Å². The minimum atomic E-state index is 0.0264. The van der Waals surface area contributed by atoms with Crippen LogP contribution in [0.4, 0.5) is 0 Å². The van der Waals surface area contributed by atoms with E-state index in [-0.39, 0.29) is 11.9 Å². The smallest absolute Gasteiger partial charge is 0.268 e. The maximum atomic E-state index is 12.3. The standard InChI is InChI=1S/C15H25BrN2O/c1-5-8-18-10-13(16)9-14(18)15(19)17-11(4)12(6-2)7-3/h9-12H,5-8H2,1-4H3,(H,17,19). The Morgan fingerprint density at radius 2 is 2.00 bits per heavy atom. The molecule has 1 N–H and O–H groups in total. The van der Waals surface area contributed by atoms with Gasteiger partial charge in [0, 0.05) is 23.3 Å². The fourth-order valence-corrected chi connectivity index (χ4v) is 2.95. The first kappa shape index (κ1) is 16.3. The molecule has 0 aliphatic heterocycles. The van der Waals surface area contributed by atoms with Crippen LogP contribution in [0.3, 0.4) is 0 Å². The second-order valence-corrected chi connectivity index (χ2v) is 5.99. The van der Waals surface area contributed by atoms with Gasteiger partial charge in [-0.15, -0.1) is 0 Å². The molecule has 0 saturated carbocycles. The first-order valence-electron chi connectivity index (χ1n) is 7.19. The van der Waals surface area contributed by atoms with Crippen molar-refractivity contribution < 1.29 is 4.79 Å². The molecule has 1 heterocycles. The van der Waals surface area contributed by atoms with Crippen molar-refractivity contribution in [2.45, 2.75) is 59.5 Å². The van der Waals surface area contributed by atoms with Crippen molar-refractivity contribution in [3.63, 3.8) is 0 Å². The number of carbonyl (C=O) groups is 1. The van der Waals surface area contributed by atoms with Crippen LogP contribution in [0, 0.1) is 5.92 Å². The molecule has 0 aliphatic carbocycles. The van der Waals surface area contributed by atoms with E-state index in [1.54, 1.807) is 0 Å². The highest BCUT2D eigenvalue weighted by Crippen LogP contribution is 2.17. The van der Waals surface area contributed by atoms with Crippen LogP contribution in [0.2, 0.25) is 0 Å². The van der Waals surface area contributed by atoms with Gasteiger partial charge in [0.2, 0.25) is 0 Å². The molecule has 0 saturated heterocycles. The summed E-state index contributed by atoms with van der Waals surface area (Å²) in [7, 11) is 0. The average molecular weight is 329 g/mol. The topological polar surface area (TPSA) is 34.0 Å². The third-order valence-corrected chi connectivity index (χ3v) is 4.11. The Bertz CT molecular complexity index is 410. The van der Waals surface area contributed by atoms with E-state index in [9.17, 15) is 4.79 Å². The lowest BCUT2D eigenvalue weighted by atomic mass is 9.95. The number of amides is 1. The molecule has 0 fully saturated rings. The van der Waals surface area contributed by atoms with E-state index in [0.717, 1.165) is 36.0 Å². The Labute approximate surface area is 124 Å². The van der Waals surface area contributed by atoms with Crippen molar-refractivity contribution in [3.05, 3.63) is 22.4 Å². The first-order chi connectivity index (χ1) is 9.03. The van der Waals surface area contributed by atoms with Gasteiger partial charge in [0.1, 0.15) is 5.69 Å². The second kappa shape index (κ2) is 7.73. The van der Waals surface area contributed by atoms with Crippen LogP contribution in [-0.2, 0) is 6.54 Å². The van der Waals surface area contributed by atoms with Crippen LogP contribution >= 0.6 is 15.9 Å². The highest BCUT2D eigenvalue weighted by molar-refractivity contribution is 9.10. The van der Waals surface area contributed by atoms with Crippen molar-refractivity contribution in [3.8, 4) is 0 Å². The van der Waals surface area contributed by atoms with E-state index in [2.05, 4.69) is 48.9 Å². The zero-order chi connectivity index (χ0) is 14.4. The Balaban J connectivity index is 2.77. The molecule has 1 amide bonds. The number of aromatic nitrogens is 1.